The van der Waals surface area contributed by atoms with E-state index in [-0.39, 0.29) is 6.04 Å². The molecule has 4 nitrogen and oxygen atoms in total. The van der Waals surface area contributed by atoms with Crippen molar-refractivity contribution < 1.29 is 9.15 Å². The second kappa shape index (κ2) is 4.90. The molecule has 2 unspecified atom stereocenters. The van der Waals surface area contributed by atoms with Gasteiger partial charge in [0.05, 0.1) is 12.3 Å². The van der Waals surface area contributed by atoms with Crippen LogP contribution in [0.3, 0.4) is 0 Å². The molecule has 1 aromatic heterocycles. The summed E-state index contributed by atoms with van der Waals surface area (Å²) in [6.45, 7) is 4.31. The lowest BCUT2D eigenvalue weighted by Crippen LogP contribution is -2.51. The van der Waals surface area contributed by atoms with Gasteiger partial charge in [0, 0.05) is 18.4 Å². The van der Waals surface area contributed by atoms with Gasteiger partial charge in [-0.05, 0) is 25.1 Å². The second-order valence-electron chi connectivity index (χ2n) is 6.15. The van der Waals surface area contributed by atoms with E-state index < -0.39 is 5.72 Å². The minimum absolute atomic E-state index is 0.224. The maximum Gasteiger partial charge on any atom is 0.195 e. The molecule has 4 heteroatoms. The molecule has 0 radical (unpaired) electrons. The maximum atomic E-state index is 6.33. The fraction of sp³-hybridized carbons (Fsp3) is 0.389. The van der Waals surface area contributed by atoms with E-state index in [4.69, 9.17) is 14.3 Å². The van der Waals surface area contributed by atoms with Gasteiger partial charge >= 0.3 is 0 Å². The minimum atomic E-state index is -0.401. The number of rotatable bonds is 3. The van der Waals surface area contributed by atoms with Crippen molar-refractivity contribution in [1.29, 1.82) is 0 Å². The topological polar surface area (TPSA) is 38.0 Å². The SMILES string of the molecule is CCCC1(C)Oc2ccccc2C2CC(c3ccco3)=NN21. The lowest BCUT2D eigenvalue weighted by atomic mass is 9.95. The Labute approximate surface area is 130 Å². The standard InChI is InChI=1S/C18H20N2O2/c1-3-10-18(2)20-15(13-7-4-5-8-16(13)22-18)12-14(19-20)17-9-6-11-21-17/h4-9,11,15H,3,10,12H2,1-2H3. The first-order valence-corrected chi connectivity index (χ1v) is 7.90. The average molecular weight is 296 g/mol. The molecule has 2 atom stereocenters. The van der Waals surface area contributed by atoms with Crippen molar-refractivity contribution in [3.63, 3.8) is 0 Å². The predicted octanol–water partition coefficient (Wildman–Crippen LogP) is 4.34. The number of fused-ring (bicyclic) bond motifs is 3. The first-order valence-electron chi connectivity index (χ1n) is 7.90. The zero-order valence-corrected chi connectivity index (χ0v) is 13.0. The molecule has 0 saturated heterocycles. The van der Waals surface area contributed by atoms with Crippen molar-refractivity contribution in [3.8, 4) is 5.75 Å². The first kappa shape index (κ1) is 13.4. The van der Waals surface area contributed by atoms with Gasteiger partial charge < -0.3 is 9.15 Å². The predicted molar refractivity (Wildman–Crippen MR) is 84.8 cm³/mol. The van der Waals surface area contributed by atoms with Crippen LogP contribution >= 0.6 is 0 Å². The number of ether oxygens (including phenoxy) is 1. The maximum absolute atomic E-state index is 6.33. The largest absolute Gasteiger partial charge is 0.466 e. The van der Waals surface area contributed by atoms with E-state index in [1.54, 1.807) is 6.26 Å². The van der Waals surface area contributed by atoms with E-state index in [0.717, 1.165) is 36.5 Å². The van der Waals surface area contributed by atoms with Gasteiger partial charge in [-0.3, -0.25) is 0 Å². The molecule has 0 N–H and O–H groups in total. The van der Waals surface area contributed by atoms with Gasteiger partial charge in [0.1, 0.15) is 17.2 Å². The Morgan fingerprint density at radius 2 is 2.14 bits per heavy atom. The van der Waals surface area contributed by atoms with Crippen molar-refractivity contribution >= 4 is 5.71 Å². The summed E-state index contributed by atoms with van der Waals surface area (Å²) in [5.41, 5.74) is 1.81. The summed E-state index contributed by atoms with van der Waals surface area (Å²) in [7, 11) is 0. The fourth-order valence-electron chi connectivity index (χ4n) is 3.54. The van der Waals surface area contributed by atoms with Crippen LogP contribution < -0.4 is 4.74 Å². The molecule has 1 aromatic carbocycles. The van der Waals surface area contributed by atoms with E-state index >= 15 is 0 Å². The summed E-state index contributed by atoms with van der Waals surface area (Å²) in [5, 5.41) is 6.99. The van der Waals surface area contributed by atoms with E-state index in [1.165, 1.54) is 5.56 Å². The molecular weight excluding hydrogens is 276 g/mol. The lowest BCUT2D eigenvalue weighted by Gasteiger charge is -2.45. The summed E-state index contributed by atoms with van der Waals surface area (Å²) in [4.78, 5) is 0. The van der Waals surface area contributed by atoms with Crippen LogP contribution in [0.15, 0.2) is 52.2 Å². The highest BCUT2D eigenvalue weighted by molar-refractivity contribution is 5.99. The van der Waals surface area contributed by atoms with Crippen molar-refractivity contribution in [2.45, 2.75) is 44.9 Å². The van der Waals surface area contributed by atoms with E-state index in [2.05, 4.69) is 37.1 Å². The summed E-state index contributed by atoms with van der Waals surface area (Å²) < 4.78 is 11.9. The van der Waals surface area contributed by atoms with Crippen LogP contribution in [0.1, 0.15) is 50.5 Å². The highest BCUT2D eigenvalue weighted by Crippen LogP contribution is 2.47. The smallest absolute Gasteiger partial charge is 0.195 e. The minimum Gasteiger partial charge on any atom is -0.466 e. The molecule has 2 aromatic rings. The number of hydrogen-bond donors (Lipinski definition) is 0. The van der Waals surface area contributed by atoms with Gasteiger partial charge in [0.15, 0.2) is 5.72 Å². The number of hydrazone groups is 1. The summed E-state index contributed by atoms with van der Waals surface area (Å²) in [6.07, 6.45) is 4.54. The Bertz CT molecular complexity index is 708. The Morgan fingerprint density at radius 3 is 2.91 bits per heavy atom. The summed E-state index contributed by atoms with van der Waals surface area (Å²) in [5.74, 6) is 1.83. The third-order valence-electron chi connectivity index (χ3n) is 4.52. The Balaban J connectivity index is 1.79. The van der Waals surface area contributed by atoms with Crippen LogP contribution in [0.4, 0.5) is 0 Å². The second-order valence-corrected chi connectivity index (χ2v) is 6.15. The van der Waals surface area contributed by atoms with E-state index in [1.807, 2.05) is 18.2 Å². The van der Waals surface area contributed by atoms with Crippen LogP contribution in [0.5, 0.6) is 5.75 Å². The highest BCUT2D eigenvalue weighted by Gasteiger charge is 2.47. The molecule has 3 heterocycles. The van der Waals surface area contributed by atoms with Crippen molar-refractivity contribution in [1.82, 2.24) is 5.01 Å². The molecule has 0 bridgehead atoms. The zero-order valence-electron chi connectivity index (χ0n) is 13.0. The van der Waals surface area contributed by atoms with Gasteiger partial charge in [0.25, 0.3) is 0 Å². The first-order chi connectivity index (χ1) is 10.7. The van der Waals surface area contributed by atoms with Crippen LogP contribution in [0.2, 0.25) is 0 Å². The Morgan fingerprint density at radius 1 is 1.27 bits per heavy atom. The van der Waals surface area contributed by atoms with Crippen LogP contribution in [-0.4, -0.2) is 16.4 Å². The highest BCUT2D eigenvalue weighted by atomic mass is 16.5. The van der Waals surface area contributed by atoms with Crippen LogP contribution in [0.25, 0.3) is 0 Å². The molecule has 0 spiro atoms. The quantitative estimate of drug-likeness (QED) is 0.845. The average Bonchev–Trinajstić information content (AvgIpc) is 3.17. The monoisotopic (exact) mass is 296 g/mol. The van der Waals surface area contributed by atoms with Gasteiger partial charge in [-0.15, -0.1) is 0 Å². The molecule has 4 rings (SSSR count). The Hall–Kier alpha value is -2.23. The van der Waals surface area contributed by atoms with Gasteiger partial charge in [-0.1, -0.05) is 31.5 Å². The van der Waals surface area contributed by atoms with Crippen LogP contribution in [-0.2, 0) is 0 Å². The third-order valence-corrected chi connectivity index (χ3v) is 4.52. The number of hydrogen-bond acceptors (Lipinski definition) is 4. The number of furan rings is 1. The van der Waals surface area contributed by atoms with E-state index in [0.29, 0.717) is 0 Å². The summed E-state index contributed by atoms with van der Waals surface area (Å²) in [6, 6.07) is 12.4. The molecule has 2 aliphatic rings. The van der Waals surface area contributed by atoms with Crippen LogP contribution in [0, 0.1) is 0 Å². The molecular formula is C18H20N2O2. The molecule has 114 valence electrons. The third kappa shape index (κ3) is 1.94. The number of nitrogens with zero attached hydrogens (tertiary/aromatic N) is 2. The zero-order chi connectivity index (χ0) is 15.2. The summed E-state index contributed by atoms with van der Waals surface area (Å²) >= 11 is 0. The lowest BCUT2D eigenvalue weighted by molar-refractivity contribution is -0.111. The van der Waals surface area contributed by atoms with E-state index in [9.17, 15) is 0 Å². The molecule has 0 fully saturated rings. The molecule has 2 aliphatic heterocycles. The van der Waals surface area contributed by atoms with Crippen molar-refractivity contribution in [2.24, 2.45) is 5.10 Å². The number of para-hydroxylation sites is 1. The van der Waals surface area contributed by atoms with Gasteiger partial charge in [-0.25, -0.2) is 5.01 Å². The van der Waals surface area contributed by atoms with Gasteiger partial charge in [0.2, 0.25) is 0 Å². The Kier molecular flexibility index (Phi) is 2.99. The molecule has 0 aliphatic carbocycles. The molecule has 0 amide bonds. The van der Waals surface area contributed by atoms with Crippen molar-refractivity contribution in [3.05, 3.63) is 54.0 Å². The van der Waals surface area contributed by atoms with Crippen molar-refractivity contribution in [2.75, 3.05) is 0 Å². The fourth-order valence-corrected chi connectivity index (χ4v) is 3.54. The molecule has 0 saturated carbocycles. The number of benzene rings is 1. The molecule has 22 heavy (non-hydrogen) atoms. The normalized spacial score (nSPS) is 26.2. The van der Waals surface area contributed by atoms with Gasteiger partial charge in [-0.2, -0.15) is 5.10 Å².